The van der Waals surface area contributed by atoms with E-state index in [4.69, 9.17) is 11.6 Å². The Kier molecular flexibility index (Phi) is 6.37. The van der Waals surface area contributed by atoms with Gasteiger partial charge >= 0.3 is 0 Å². The first-order valence-electron chi connectivity index (χ1n) is 10.5. The van der Waals surface area contributed by atoms with Gasteiger partial charge in [0.1, 0.15) is 5.82 Å². The average molecular weight is 437 g/mol. The minimum Gasteiger partial charge on any atom is -0.345 e. The first-order valence-corrected chi connectivity index (χ1v) is 10.8. The molecule has 7 heteroatoms. The van der Waals surface area contributed by atoms with Crippen molar-refractivity contribution in [2.75, 3.05) is 5.32 Å². The molecule has 160 valence electrons. The Balaban J connectivity index is 1.49. The third kappa shape index (κ3) is 5.14. The van der Waals surface area contributed by atoms with E-state index in [9.17, 15) is 9.59 Å². The summed E-state index contributed by atoms with van der Waals surface area (Å²) in [6.07, 6.45) is 4.17. The molecule has 1 saturated carbocycles. The number of rotatable bonds is 8. The second-order valence-corrected chi connectivity index (χ2v) is 8.32. The Morgan fingerprint density at radius 1 is 1.10 bits per heavy atom. The van der Waals surface area contributed by atoms with Crippen LogP contribution in [0.25, 0.3) is 0 Å². The molecule has 4 rings (SSSR count). The number of hydrogen-bond donors (Lipinski definition) is 2. The van der Waals surface area contributed by atoms with E-state index in [-0.39, 0.29) is 24.3 Å². The summed E-state index contributed by atoms with van der Waals surface area (Å²) in [5.74, 6) is 0.772. The number of carbonyl (C=O) groups is 2. The van der Waals surface area contributed by atoms with Crippen molar-refractivity contribution < 1.29 is 9.59 Å². The molecule has 6 nitrogen and oxygen atoms in total. The fraction of sp³-hybridized carbons (Fsp3) is 0.292. The van der Waals surface area contributed by atoms with Crippen LogP contribution in [0.1, 0.15) is 54.2 Å². The van der Waals surface area contributed by atoms with Crippen molar-refractivity contribution in [3.8, 4) is 0 Å². The number of hydrogen-bond acceptors (Lipinski definition) is 3. The van der Waals surface area contributed by atoms with Crippen LogP contribution in [-0.2, 0) is 4.79 Å². The normalized spacial score (nSPS) is 15.2. The number of benzene rings is 2. The summed E-state index contributed by atoms with van der Waals surface area (Å²) in [5, 5.41) is 10.7. The summed E-state index contributed by atoms with van der Waals surface area (Å²) in [4.78, 5) is 25.7. The molecule has 0 saturated heterocycles. The molecule has 1 aliphatic carbocycles. The molecule has 31 heavy (non-hydrogen) atoms. The third-order valence-corrected chi connectivity index (χ3v) is 5.97. The van der Waals surface area contributed by atoms with Gasteiger partial charge in [0.25, 0.3) is 5.91 Å². The maximum absolute atomic E-state index is 12.9. The molecule has 1 heterocycles. The van der Waals surface area contributed by atoms with Crippen LogP contribution in [0.4, 0.5) is 5.82 Å². The van der Waals surface area contributed by atoms with E-state index in [0.29, 0.717) is 22.3 Å². The van der Waals surface area contributed by atoms with Gasteiger partial charge in [-0.1, -0.05) is 54.1 Å². The van der Waals surface area contributed by atoms with Gasteiger partial charge in [0.05, 0.1) is 35.3 Å². The van der Waals surface area contributed by atoms with Gasteiger partial charge in [-0.25, -0.2) is 4.68 Å². The van der Waals surface area contributed by atoms with Gasteiger partial charge in [0, 0.05) is 6.07 Å². The Morgan fingerprint density at radius 3 is 2.52 bits per heavy atom. The highest BCUT2D eigenvalue weighted by Crippen LogP contribution is 2.40. The Labute approximate surface area is 186 Å². The van der Waals surface area contributed by atoms with Crippen molar-refractivity contribution in [1.29, 1.82) is 0 Å². The van der Waals surface area contributed by atoms with Gasteiger partial charge in [-0.2, -0.15) is 5.10 Å². The van der Waals surface area contributed by atoms with Crippen LogP contribution in [0.15, 0.2) is 66.9 Å². The lowest BCUT2D eigenvalue weighted by Gasteiger charge is -2.20. The lowest BCUT2D eigenvalue weighted by Crippen LogP contribution is -2.32. The monoisotopic (exact) mass is 436 g/mol. The average Bonchev–Trinajstić information content (AvgIpc) is 3.53. The Bertz CT molecular complexity index is 1060. The van der Waals surface area contributed by atoms with Gasteiger partial charge in [-0.3, -0.25) is 9.59 Å². The highest BCUT2D eigenvalue weighted by atomic mass is 35.5. The first-order chi connectivity index (χ1) is 15.0. The summed E-state index contributed by atoms with van der Waals surface area (Å²) in [7, 11) is 0. The summed E-state index contributed by atoms with van der Waals surface area (Å²) in [6, 6.07) is 17.9. The standard InChI is InChI=1S/C24H25ClN4O2/c1-16(17-11-12-17)29-22(13-14-26-29)28-23(30)15-21(18-7-3-2-4-8-18)27-24(31)19-9-5-6-10-20(19)25/h2-10,13-14,16-17,21H,11-12,15H2,1H3,(H,27,31)(H,28,30). The summed E-state index contributed by atoms with van der Waals surface area (Å²) in [5.41, 5.74) is 1.22. The molecule has 2 unspecified atom stereocenters. The quantitative estimate of drug-likeness (QED) is 0.521. The van der Waals surface area contributed by atoms with Crippen LogP contribution in [0, 0.1) is 5.92 Å². The maximum atomic E-state index is 12.9. The zero-order valence-corrected chi connectivity index (χ0v) is 18.0. The van der Waals surface area contributed by atoms with E-state index in [0.717, 1.165) is 5.56 Å². The van der Waals surface area contributed by atoms with Crippen LogP contribution < -0.4 is 10.6 Å². The predicted molar refractivity (Wildman–Crippen MR) is 121 cm³/mol. The number of nitrogens with one attached hydrogen (secondary N) is 2. The van der Waals surface area contributed by atoms with Crippen molar-refractivity contribution in [3.05, 3.63) is 83.0 Å². The smallest absolute Gasteiger partial charge is 0.253 e. The molecule has 2 amide bonds. The van der Waals surface area contributed by atoms with Gasteiger partial charge in [-0.15, -0.1) is 0 Å². The van der Waals surface area contributed by atoms with Crippen LogP contribution in [0.5, 0.6) is 0 Å². The molecule has 3 aromatic rings. The van der Waals surface area contributed by atoms with E-state index < -0.39 is 6.04 Å². The van der Waals surface area contributed by atoms with Gasteiger partial charge in [0.2, 0.25) is 5.91 Å². The zero-order valence-electron chi connectivity index (χ0n) is 17.3. The molecule has 1 aliphatic rings. The lowest BCUT2D eigenvalue weighted by atomic mass is 10.0. The van der Waals surface area contributed by atoms with E-state index >= 15 is 0 Å². The SMILES string of the molecule is CC(C1CC1)n1nccc1NC(=O)CC(NC(=O)c1ccccc1Cl)c1ccccc1. The molecule has 2 aromatic carbocycles. The zero-order chi connectivity index (χ0) is 21.8. The third-order valence-electron chi connectivity index (χ3n) is 5.64. The van der Waals surface area contributed by atoms with Crippen molar-refractivity contribution in [1.82, 2.24) is 15.1 Å². The lowest BCUT2D eigenvalue weighted by molar-refractivity contribution is -0.116. The number of carbonyl (C=O) groups excluding carboxylic acids is 2. The van der Waals surface area contributed by atoms with Crippen molar-refractivity contribution in [2.24, 2.45) is 5.92 Å². The number of anilines is 1. The van der Waals surface area contributed by atoms with E-state index in [1.54, 1.807) is 36.5 Å². The molecule has 0 bridgehead atoms. The number of nitrogens with zero attached hydrogens (tertiary/aromatic N) is 2. The van der Waals surface area contributed by atoms with Crippen molar-refractivity contribution in [2.45, 2.75) is 38.3 Å². The second-order valence-electron chi connectivity index (χ2n) is 7.91. The molecular formula is C24H25ClN4O2. The summed E-state index contributed by atoms with van der Waals surface area (Å²) >= 11 is 6.18. The Morgan fingerprint density at radius 2 is 1.81 bits per heavy atom. The van der Waals surface area contributed by atoms with Crippen LogP contribution >= 0.6 is 11.6 Å². The molecular weight excluding hydrogens is 412 g/mol. The van der Waals surface area contributed by atoms with E-state index in [1.165, 1.54) is 12.8 Å². The van der Waals surface area contributed by atoms with Gasteiger partial charge in [0.15, 0.2) is 0 Å². The topological polar surface area (TPSA) is 76.0 Å². The highest BCUT2D eigenvalue weighted by Gasteiger charge is 2.31. The fourth-order valence-electron chi connectivity index (χ4n) is 3.71. The van der Waals surface area contributed by atoms with Crippen LogP contribution in [-0.4, -0.2) is 21.6 Å². The minimum absolute atomic E-state index is 0.0865. The highest BCUT2D eigenvalue weighted by molar-refractivity contribution is 6.33. The van der Waals surface area contributed by atoms with E-state index in [2.05, 4.69) is 22.7 Å². The van der Waals surface area contributed by atoms with Crippen molar-refractivity contribution >= 4 is 29.2 Å². The predicted octanol–water partition coefficient (Wildman–Crippen LogP) is 5.01. The number of amides is 2. The number of halogens is 1. The largest absolute Gasteiger partial charge is 0.345 e. The molecule has 2 N–H and O–H groups in total. The summed E-state index contributed by atoms with van der Waals surface area (Å²) < 4.78 is 1.87. The number of aromatic nitrogens is 2. The molecule has 0 aliphatic heterocycles. The van der Waals surface area contributed by atoms with Gasteiger partial charge < -0.3 is 10.6 Å². The molecule has 1 fully saturated rings. The van der Waals surface area contributed by atoms with Crippen molar-refractivity contribution in [3.63, 3.8) is 0 Å². The first kappa shape index (κ1) is 21.1. The van der Waals surface area contributed by atoms with E-state index in [1.807, 2.05) is 35.0 Å². The molecule has 0 spiro atoms. The molecule has 0 radical (unpaired) electrons. The Hall–Kier alpha value is -3.12. The minimum atomic E-state index is -0.498. The second kappa shape index (κ2) is 9.35. The fourth-order valence-corrected chi connectivity index (χ4v) is 3.94. The summed E-state index contributed by atoms with van der Waals surface area (Å²) in [6.45, 7) is 2.12. The molecule has 1 aromatic heterocycles. The van der Waals surface area contributed by atoms with Gasteiger partial charge in [-0.05, 0) is 43.4 Å². The maximum Gasteiger partial charge on any atom is 0.253 e. The molecule has 2 atom stereocenters. The van der Waals surface area contributed by atoms with Crippen LogP contribution in [0.3, 0.4) is 0 Å². The van der Waals surface area contributed by atoms with Crippen LogP contribution in [0.2, 0.25) is 5.02 Å².